The van der Waals surface area contributed by atoms with Crippen molar-refractivity contribution < 1.29 is 15.0 Å². The number of hydrogen-bond donors (Lipinski definition) is 4. The first-order valence-corrected chi connectivity index (χ1v) is 8.57. The molecule has 1 fully saturated rings. The molecule has 1 aliphatic heterocycles. The minimum Gasteiger partial charge on any atom is -0.395 e. The number of aromatic nitrogens is 4. The highest BCUT2D eigenvalue weighted by Crippen LogP contribution is 2.42. The molecule has 0 saturated carbocycles. The third-order valence-corrected chi connectivity index (χ3v) is 5.39. The van der Waals surface area contributed by atoms with Crippen LogP contribution in [0.3, 0.4) is 0 Å². The van der Waals surface area contributed by atoms with Crippen LogP contribution in [0.5, 0.6) is 0 Å². The topological polar surface area (TPSA) is 133 Å². The van der Waals surface area contributed by atoms with Crippen LogP contribution in [0.4, 0.5) is 5.95 Å². The summed E-state index contributed by atoms with van der Waals surface area (Å²) < 4.78 is 1.61. The molecule has 1 aliphatic rings. The molecule has 9 nitrogen and oxygen atoms in total. The fourth-order valence-corrected chi connectivity index (χ4v) is 3.90. The summed E-state index contributed by atoms with van der Waals surface area (Å²) in [7, 11) is 0. The van der Waals surface area contributed by atoms with Crippen molar-refractivity contribution in [2.45, 2.75) is 37.0 Å². The van der Waals surface area contributed by atoms with Gasteiger partial charge in [-0.05, 0) is 6.42 Å². The van der Waals surface area contributed by atoms with E-state index < -0.39 is 17.0 Å². The van der Waals surface area contributed by atoms with Crippen LogP contribution in [0.2, 0.25) is 0 Å². The third kappa shape index (κ3) is 3.04. The van der Waals surface area contributed by atoms with Gasteiger partial charge in [0, 0.05) is 11.2 Å². The number of aliphatic hydroxyl groups is 2. The van der Waals surface area contributed by atoms with E-state index in [9.17, 15) is 19.8 Å². The average molecular weight is 353 g/mol. The minimum absolute atomic E-state index is 0.0332. The van der Waals surface area contributed by atoms with E-state index in [0.717, 1.165) is 0 Å². The zero-order valence-electron chi connectivity index (χ0n) is 13.3. The maximum Gasteiger partial charge on any atom is 0.280 e. The molecule has 10 heteroatoms. The first-order chi connectivity index (χ1) is 11.4. The van der Waals surface area contributed by atoms with Gasteiger partial charge in [0.25, 0.3) is 5.56 Å². The Bertz CT molecular complexity index is 817. The second kappa shape index (κ2) is 6.54. The summed E-state index contributed by atoms with van der Waals surface area (Å²) in [6.07, 6.45) is 1.21. The highest BCUT2D eigenvalue weighted by Gasteiger charge is 2.35. The Morgan fingerprint density at radius 2 is 2.33 bits per heavy atom. The molecule has 2 aromatic rings. The quantitative estimate of drug-likeness (QED) is 0.611. The van der Waals surface area contributed by atoms with Gasteiger partial charge in [-0.2, -0.15) is 4.98 Å². The zero-order chi connectivity index (χ0) is 17.4. The van der Waals surface area contributed by atoms with Crippen LogP contribution in [0.15, 0.2) is 11.1 Å². The molecule has 24 heavy (non-hydrogen) atoms. The molecule has 3 rings (SSSR count). The second-order valence-electron chi connectivity index (χ2n) is 6.02. The SMILES string of the molecule is CC(C)C(=O)Nc1nc2c(ncn2[C@@H]2S[C@H](CO)C[C@H]2O)c(=O)[nH]1. The molecule has 3 atom stereocenters. The van der Waals surface area contributed by atoms with Crippen molar-refractivity contribution in [1.82, 2.24) is 19.5 Å². The number of aromatic amines is 1. The molecular weight excluding hydrogens is 334 g/mol. The number of rotatable bonds is 4. The number of anilines is 1. The number of amides is 1. The van der Waals surface area contributed by atoms with Crippen molar-refractivity contribution in [3.63, 3.8) is 0 Å². The monoisotopic (exact) mass is 353 g/mol. The van der Waals surface area contributed by atoms with Crippen molar-refractivity contribution in [2.75, 3.05) is 11.9 Å². The van der Waals surface area contributed by atoms with Gasteiger partial charge in [0.1, 0.15) is 5.37 Å². The van der Waals surface area contributed by atoms with E-state index in [1.807, 2.05) is 0 Å². The summed E-state index contributed by atoms with van der Waals surface area (Å²) >= 11 is 1.41. The van der Waals surface area contributed by atoms with E-state index in [4.69, 9.17) is 0 Å². The molecule has 0 bridgehead atoms. The van der Waals surface area contributed by atoms with Gasteiger partial charge in [-0.1, -0.05) is 13.8 Å². The minimum atomic E-state index is -0.681. The Morgan fingerprint density at radius 3 is 2.96 bits per heavy atom. The van der Waals surface area contributed by atoms with Gasteiger partial charge in [-0.15, -0.1) is 11.8 Å². The molecule has 0 spiro atoms. The van der Waals surface area contributed by atoms with Gasteiger partial charge in [-0.3, -0.25) is 24.5 Å². The van der Waals surface area contributed by atoms with Crippen LogP contribution in [-0.2, 0) is 4.79 Å². The predicted octanol–water partition coefficient (Wildman–Crippen LogP) is 0.0714. The summed E-state index contributed by atoms with van der Waals surface area (Å²) in [6, 6.07) is 0. The lowest BCUT2D eigenvalue weighted by Crippen LogP contribution is -2.23. The third-order valence-electron chi connectivity index (χ3n) is 3.84. The maximum absolute atomic E-state index is 12.1. The molecule has 2 aromatic heterocycles. The average Bonchev–Trinajstić information content (AvgIpc) is 3.10. The van der Waals surface area contributed by atoms with E-state index in [0.29, 0.717) is 6.42 Å². The van der Waals surface area contributed by atoms with Crippen molar-refractivity contribution in [3.8, 4) is 0 Å². The number of imidazole rings is 1. The van der Waals surface area contributed by atoms with Crippen LogP contribution in [0.25, 0.3) is 11.2 Å². The predicted molar refractivity (Wildman–Crippen MR) is 89.7 cm³/mol. The van der Waals surface area contributed by atoms with Gasteiger partial charge in [0.2, 0.25) is 11.9 Å². The van der Waals surface area contributed by atoms with Gasteiger partial charge in [0.15, 0.2) is 11.2 Å². The number of aliphatic hydroxyl groups excluding tert-OH is 2. The van der Waals surface area contributed by atoms with E-state index in [1.54, 1.807) is 18.4 Å². The fraction of sp³-hybridized carbons (Fsp3) is 0.571. The largest absolute Gasteiger partial charge is 0.395 e. The zero-order valence-corrected chi connectivity index (χ0v) is 14.1. The summed E-state index contributed by atoms with van der Waals surface area (Å²) in [5.74, 6) is -0.475. The van der Waals surface area contributed by atoms with E-state index in [-0.39, 0.29) is 40.8 Å². The maximum atomic E-state index is 12.1. The number of carbonyl (C=O) groups is 1. The molecule has 0 aliphatic carbocycles. The lowest BCUT2D eigenvalue weighted by molar-refractivity contribution is -0.118. The summed E-state index contributed by atoms with van der Waals surface area (Å²) in [4.78, 5) is 34.8. The van der Waals surface area contributed by atoms with Gasteiger partial charge >= 0.3 is 0 Å². The Hall–Kier alpha value is -1.91. The van der Waals surface area contributed by atoms with Crippen LogP contribution in [0.1, 0.15) is 25.6 Å². The van der Waals surface area contributed by atoms with Gasteiger partial charge < -0.3 is 10.2 Å². The number of thioether (sulfide) groups is 1. The number of hydrogen-bond acceptors (Lipinski definition) is 7. The fourth-order valence-electron chi connectivity index (χ4n) is 2.53. The smallest absolute Gasteiger partial charge is 0.280 e. The Kier molecular flexibility index (Phi) is 4.61. The van der Waals surface area contributed by atoms with Crippen LogP contribution in [0, 0.1) is 5.92 Å². The van der Waals surface area contributed by atoms with E-state index >= 15 is 0 Å². The number of carbonyl (C=O) groups excluding carboxylic acids is 1. The lowest BCUT2D eigenvalue weighted by Gasteiger charge is -2.16. The van der Waals surface area contributed by atoms with E-state index in [2.05, 4.69) is 20.3 Å². The van der Waals surface area contributed by atoms with Gasteiger partial charge in [-0.25, -0.2) is 4.98 Å². The molecule has 0 unspecified atom stereocenters. The summed E-state index contributed by atoms with van der Waals surface area (Å²) in [5.41, 5.74) is -0.0419. The van der Waals surface area contributed by atoms with Crippen molar-refractivity contribution in [3.05, 3.63) is 16.7 Å². The van der Waals surface area contributed by atoms with Gasteiger partial charge in [0.05, 0.1) is 19.0 Å². The number of nitrogens with one attached hydrogen (secondary N) is 2. The van der Waals surface area contributed by atoms with Crippen molar-refractivity contribution in [2.24, 2.45) is 5.92 Å². The Morgan fingerprint density at radius 1 is 1.58 bits per heavy atom. The molecule has 0 radical (unpaired) electrons. The highest BCUT2D eigenvalue weighted by molar-refractivity contribution is 8.00. The van der Waals surface area contributed by atoms with Crippen molar-refractivity contribution >= 4 is 34.8 Å². The molecular formula is C14H19N5O4S. The Labute approximate surface area is 141 Å². The van der Waals surface area contributed by atoms with E-state index in [1.165, 1.54) is 18.1 Å². The second-order valence-corrected chi connectivity index (χ2v) is 7.44. The molecule has 1 amide bonds. The Balaban J connectivity index is 2.00. The number of H-pyrrole nitrogens is 1. The summed E-state index contributed by atoms with van der Waals surface area (Å²) in [5, 5.41) is 21.6. The molecule has 4 N–H and O–H groups in total. The number of nitrogens with zero attached hydrogens (tertiary/aromatic N) is 3. The first-order valence-electron chi connectivity index (χ1n) is 7.62. The highest BCUT2D eigenvalue weighted by atomic mass is 32.2. The van der Waals surface area contributed by atoms with Crippen LogP contribution >= 0.6 is 11.8 Å². The van der Waals surface area contributed by atoms with Crippen molar-refractivity contribution in [1.29, 1.82) is 0 Å². The summed E-state index contributed by atoms with van der Waals surface area (Å²) in [6.45, 7) is 3.43. The standard InChI is InChI=1S/C14H19N5O4S/c1-6(2)11(22)17-14-16-10-9(12(23)18-14)15-5-19(10)13-8(21)3-7(4-20)24-13/h5-8,13,20-21H,3-4H2,1-2H3,(H2,16,17,18,22,23)/t7-,8+,13+/m0/s1. The first kappa shape index (κ1) is 16.9. The lowest BCUT2D eigenvalue weighted by atomic mass is 10.2. The molecule has 3 heterocycles. The normalized spacial score (nSPS) is 24.0. The van der Waals surface area contributed by atoms with Crippen LogP contribution in [-0.4, -0.2) is 53.6 Å². The molecule has 1 saturated heterocycles. The molecule has 0 aromatic carbocycles. The van der Waals surface area contributed by atoms with Crippen LogP contribution < -0.4 is 10.9 Å². The number of fused-ring (bicyclic) bond motifs is 1. The molecule has 130 valence electrons.